The van der Waals surface area contributed by atoms with Crippen LogP contribution in [0, 0.1) is 0 Å². The number of ether oxygens (including phenoxy) is 2. The number of hydrogen-bond acceptors (Lipinski definition) is 4. The van der Waals surface area contributed by atoms with Gasteiger partial charge >= 0.3 is 0 Å². The first-order valence-corrected chi connectivity index (χ1v) is 6.81. The molecule has 0 spiro atoms. The van der Waals surface area contributed by atoms with Crippen molar-refractivity contribution in [2.75, 3.05) is 12.3 Å². The van der Waals surface area contributed by atoms with E-state index in [1.54, 1.807) is 12.4 Å². The molecule has 106 valence electrons. The molecule has 3 rings (SSSR count). The van der Waals surface area contributed by atoms with Crippen LogP contribution in [-0.2, 0) is 0 Å². The van der Waals surface area contributed by atoms with Crippen LogP contribution in [0.3, 0.4) is 0 Å². The van der Waals surface area contributed by atoms with Crippen LogP contribution in [0.5, 0.6) is 17.2 Å². The van der Waals surface area contributed by atoms with E-state index >= 15 is 0 Å². The van der Waals surface area contributed by atoms with Crippen molar-refractivity contribution in [2.45, 2.75) is 6.92 Å². The maximum absolute atomic E-state index is 5.98. The molecule has 2 aromatic carbocycles. The zero-order valence-electron chi connectivity index (χ0n) is 11.7. The summed E-state index contributed by atoms with van der Waals surface area (Å²) in [6.45, 7) is 2.57. The number of nitrogen functional groups attached to an aromatic ring is 1. The maximum atomic E-state index is 5.98. The third kappa shape index (κ3) is 2.74. The second kappa shape index (κ2) is 5.71. The maximum Gasteiger partial charge on any atom is 0.136 e. The van der Waals surface area contributed by atoms with Crippen molar-refractivity contribution in [2.24, 2.45) is 0 Å². The molecule has 4 nitrogen and oxygen atoms in total. The van der Waals surface area contributed by atoms with Crippen molar-refractivity contribution < 1.29 is 9.47 Å². The van der Waals surface area contributed by atoms with Crippen LogP contribution in [0.25, 0.3) is 10.8 Å². The highest BCUT2D eigenvalue weighted by Crippen LogP contribution is 2.33. The Morgan fingerprint density at radius 1 is 1.05 bits per heavy atom. The van der Waals surface area contributed by atoms with Gasteiger partial charge in [0.1, 0.15) is 17.2 Å². The lowest BCUT2D eigenvalue weighted by Crippen LogP contribution is -1.93. The van der Waals surface area contributed by atoms with Crippen molar-refractivity contribution in [3.05, 3.63) is 54.9 Å². The van der Waals surface area contributed by atoms with Crippen molar-refractivity contribution in [3.63, 3.8) is 0 Å². The zero-order valence-corrected chi connectivity index (χ0v) is 11.7. The normalized spacial score (nSPS) is 10.5. The van der Waals surface area contributed by atoms with Gasteiger partial charge in [-0.1, -0.05) is 6.07 Å². The summed E-state index contributed by atoms with van der Waals surface area (Å²) in [5.74, 6) is 2.23. The Hall–Kier alpha value is -2.75. The molecule has 0 unspecified atom stereocenters. The van der Waals surface area contributed by atoms with Crippen molar-refractivity contribution in [1.82, 2.24) is 4.98 Å². The van der Waals surface area contributed by atoms with E-state index in [0.29, 0.717) is 12.3 Å². The summed E-state index contributed by atoms with van der Waals surface area (Å²) >= 11 is 0. The summed E-state index contributed by atoms with van der Waals surface area (Å²) in [5.41, 5.74) is 6.69. The van der Waals surface area contributed by atoms with Gasteiger partial charge in [-0.15, -0.1) is 0 Å². The zero-order chi connectivity index (χ0) is 14.7. The molecule has 0 saturated heterocycles. The van der Waals surface area contributed by atoms with Gasteiger partial charge in [-0.25, -0.2) is 0 Å². The second-order valence-corrected chi connectivity index (χ2v) is 4.58. The van der Waals surface area contributed by atoms with Gasteiger partial charge in [0.05, 0.1) is 6.61 Å². The molecule has 0 aliphatic heterocycles. The average molecular weight is 280 g/mol. The first-order valence-electron chi connectivity index (χ1n) is 6.81. The molecule has 0 bridgehead atoms. The van der Waals surface area contributed by atoms with E-state index in [2.05, 4.69) is 4.98 Å². The minimum atomic E-state index is 0.623. The largest absolute Gasteiger partial charge is 0.494 e. The standard InChI is InChI=1S/C17H16N2O2/c1-2-20-12-4-3-5-13(10-12)21-17-7-6-16(18)14-8-9-19-11-15(14)17/h3-11H,2,18H2,1H3. The number of nitrogens with zero attached hydrogens (tertiary/aromatic N) is 1. The first-order chi connectivity index (χ1) is 10.3. The molecule has 0 aliphatic carbocycles. The highest BCUT2D eigenvalue weighted by atomic mass is 16.5. The third-order valence-corrected chi connectivity index (χ3v) is 3.16. The van der Waals surface area contributed by atoms with E-state index < -0.39 is 0 Å². The van der Waals surface area contributed by atoms with Crippen LogP contribution in [-0.4, -0.2) is 11.6 Å². The third-order valence-electron chi connectivity index (χ3n) is 3.16. The molecule has 3 aromatic rings. The lowest BCUT2D eigenvalue weighted by molar-refractivity contribution is 0.338. The van der Waals surface area contributed by atoms with E-state index in [-0.39, 0.29) is 0 Å². The number of fused-ring (bicyclic) bond motifs is 1. The van der Waals surface area contributed by atoms with Gasteiger partial charge < -0.3 is 15.2 Å². The molecule has 0 saturated carbocycles. The van der Waals surface area contributed by atoms with E-state index in [9.17, 15) is 0 Å². The summed E-state index contributed by atoms with van der Waals surface area (Å²) in [7, 11) is 0. The molecule has 4 heteroatoms. The predicted molar refractivity (Wildman–Crippen MR) is 83.8 cm³/mol. The fourth-order valence-electron chi connectivity index (χ4n) is 2.20. The Bertz CT molecular complexity index is 772. The Labute approximate surface area is 123 Å². The van der Waals surface area contributed by atoms with Gasteiger partial charge in [0.15, 0.2) is 0 Å². The van der Waals surface area contributed by atoms with Gasteiger partial charge in [0.25, 0.3) is 0 Å². The monoisotopic (exact) mass is 280 g/mol. The molecule has 21 heavy (non-hydrogen) atoms. The molecular weight excluding hydrogens is 264 g/mol. The summed E-state index contributed by atoms with van der Waals surface area (Å²) in [6, 6.07) is 13.1. The minimum Gasteiger partial charge on any atom is -0.494 e. The molecule has 0 amide bonds. The summed E-state index contributed by atoms with van der Waals surface area (Å²) in [6.07, 6.45) is 3.48. The number of pyridine rings is 1. The highest BCUT2D eigenvalue weighted by molar-refractivity contribution is 5.96. The topological polar surface area (TPSA) is 57.4 Å². The molecular formula is C17H16N2O2. The molecule has 0 aliphatic rings. The van der Waals surface area contributed by atoms with E-state index in [1.165, 1.54) is 0 Å². The number of hydrogen-bond donors (Lipinski definition) is 1. The van der Waals surface area contributed by atoms with Crippen LogP contribution in [0.2, 0.25) is 0 Å². The number of anilines is 1. The Morgan fingerprint density at radius 3 is 2.76 bits per heavy atom. The first kappa shape index (κ1) is 13.2. The second-order valence-electron chi connectivity index (χ2n) is 4.58. The fourth-order valence-corrected chi connectivity index (χ4v) is 2.20. The van der Waals surface area contributed by atoms with Gasteiger partial charge in [-0.05, 0) is 37.3 Å². The number of benzene rings is 2. The van der Waals surface area contributed by atoms with Crippen LogP contribution >= 0.6 is 0 Å². The number of aromatic nitrogens is 1. The SMILES string of the molecule is CCOc1cccc(Oc2ccc(N)c3ccncc23)c1. The lowest BCUT2D eigenvalue weighted by atomic mass is 10.1. The summed E-state index contributed by atoms with van der Waals surface area (Å²) in [4.78, 5) is 4.14. The minimum absolute atomic E-state index is 0.623. The Kier molecular flexibility index (Phi) is 3.60. The van der Waals surface area contributed by atoms with E-state index in [4.69, 9.17) is 15.2 Å². The van der Waals surface area contributed by atoms with Gasteiger partial charge in [-0.3, -0.25) is 4.98 Å². The molecule has 1 heterocycles. The number of nitrogens with two attached hydrogens (primary N) is 1. The Balaban J connectivity index is 1.98. The number of rotatable bonds is 4. The molecule has 0 atom stereocenters. The molecule has 0 fully saturated rings. The fraction of sp³-hybridized carbons (Fsp3) is 0.118. The molecule has 2 N–H and O–H groups in total. The van der Waals surface area contributed by atoms with E-state index in [1.807, 2.05) is 49.4 Å². The average Bonchev–Trinajstić information content (AvgIpc) is 2.51. The molecule has 1 aromatic heterocycles. The smallest absolute Gasteiger partial charge is 0.136 e. The van der Waals surface area contributed by atoms with Crippen molar-refractivity contribution in [1.29, 1.82) is 0 Å². The summed E-state index contributed by atoms with van der Waals surface area (Å²) in [5, 5.41) is 1.82. The molecule has 0 radical (unpaired) electrons. The lowest BCUT2D eigenvalue weighted by Gasteiger charge is -2.11. The van der Waals surface area contributed by atoms with Gasteiger partial charge in [0.2, 0.25) is 0 Å². The Morgan fingerprint density at radius 2 is 1.90 bits per heavy atom. The van der Waals surface area contributed by atoms with Gasteiger partial charge in [0, 0.05) is 34.9 Å². The quantitative estimate of drug-likeness (QED) is 0.734. The highest BCUT2D eigenvalue weighted by Gasteiger charge is 2.07. The van der Waals surface area contributed by atoms with Crippen LogP contribution in [0.15, 0.2) is 54.9 Å². The van der Waals surface area contributed by atoms with Crippen LogP contribution < -0.4 is 15.2 Å². The van der Waals surface area contributed by atoms with Crippen LogP contribution in [0.4, 0.5) is 5.69 Å². The van der Waals surface area contributed by atoms with E-state index in [0.717, 1.165) is 28.0 Å². The van der Waals surface area contributed by atoms with Crippen molar-refractivity contribution >= 4 is 16.5 Å². The van der Waals surface area contributed by atoms with Crippen LogP contribution in [0.1, 0.15) is 6.92 Å². The predicted octanol–water partition coefficient (Wildman–Crippen LogP) is 4.01. The van der Waals surface area contributed by atoms with Crippen molar-refractivity contribution in [3.8, 4) is 17.2 Å². The summed E-state index contributed by atoms with van der Waals surface area (Å²) < 4.78 is 11.4. The van der Waals surface area contributed by atoms with Gasteiger partial charge in [-0.2, -0.15) is 0 Å².